The summed E-state index contributed by atoms with van der Waals surface area (Å²) in [4.78, 5) is 16.9. The molecule has 2 N–H and O–H groups in total. The van der Waals surface area contributed by atoms with Crippen LogP contribution >= 0.6 is 11.6 Å². The van der Waals surface area contributed by atoms with Crippen molar-refractivity contribution < 1.29 is 9.63 Å². The van der Waals surface area contributed by atoms with E-state index < -0.39 is 0 Å². The summed E-state index contributed by atoms with van der Waals surface area (Å²) in [6, 6.07) is 5.00. The molecule has 0 heterocycles. The molecule has 0 unspecified atom stereocenters. The smallest absolute Gasteiger partial charge is 0.279 e. The highest BCUT2D eigenvalue weighted by molar-refractivity contribution is 6.34. The number of amides is 1. The van der Waals surface area contributed by atoms with Crippen molar-refractivity contribution >= 4 is 29.4 Å². The summed E-state index contributed by atoms with van der Waals surface area (Å²) in [7, 11) is 2.92. The molecule has 0 bridgehead atoms. The third-order valence-corrected chi connectivity index (χ3v) is 2.54. The van der Waals surface area contributed by atoms with E-state index in [1.54, 1.807) is 18.2 Å². The molecule has 0 fully saturated rings. The number of nitrogens with one attached hydrogen (secondary N) is 2. The minimum atomic E-state index is -0.314. The highest BCUT2D eigenvalue weighted by Gasteiger charge is 2.17. The van der Waals surface area contributed by atoms with E-state index >= 15 is 0 Å². The number of carbonyl (C=O) groups is 1. The molecule has 6 heteroatoms. The second kappa shape index (κ2) is 6.78. The van der Waals surface area contributed by atoms with E-state index in [-0.39, 0.29) is 5.91 Å². The van der Waals surface area contributed by atoms with Crippen molar-refractivity contribution in [3.63, 3.8) is 0 Å². The van der Waals surface area contributed by atoms with Gasteiger partial charge in [0, 0.05) is 19.5 Å². The highest BCUT2D eigenvalue weighted by Crippen LogP contribution is 2.26. The van der Waals surface area contributed by atoms with Gasteiger partial charge in [-0.1, -0.05) is 17.7 Å². The molecule has 0 spiro atoms. The Kier molecular flexibility index (Phi) is 5.35. The van der Waals surface area contributed by atoms with Gasteiger partial charge < -0.3 is 10.7 Å². The Balaban J connectivity index is 3.10. The number of para-hydroxylation sites is 1. The third kappa shape index (κ3) is 3.32. The molecule has 0 radical (unpaired) electrons. The maximum Gasteiger partial charge on any atom is 0.279 e. The fourth-order valence-corrected chi connectivity index (χ4v) is 1.51. The lowest BCUT2D eigenvalue weighted by Gasteiger charge is -2.16. The molecule has 1 aromatic carbocycles. The summed E-state index contributed by atoms with van der Waals surface area (Å²) in [6.07, 6.45) is 4.13. The van der Waals surface area contributed by atoms with Crippen LogP contribution in [-0.2, 0) is 4.84 Å². The largest absolute Gasteiger partial charge is 0.360 e. The van der Waals surface area contributed by atoms with Crippen molar-refractivity contribution in [3.8, 4) is 0 Å². The van der Waals surface area contributed by atoms with Gasteiger partial charge in [0.2, 0.25) is 0 Å². The monoisotopic (exact) mass is 267 g/mol. The van der Waals surface area contributed by atoms with Crippen LogP contribution in [0.2, 0.25) is 5.02 Å². The summed E-state index contributed by atoms with van der Waals surface area (Å²) in [5.41, 5.74) is 0.868. The van der Waals surface area contributed by atoms with Crippen molar-refractivity contribution in [2.24, 2.45) is 0 Å². The van der Waals surface area contributed by atoms with E-state index in [1.165, 1.54) is 26.4 Å². The van der Waals surface area contributed by atoms with Crippen LogP contribution in [0, 0.1) is 5.41 Å². The van der Waals surface area contributed by atoms with E-state index in [1.807, 2.05) is 0 Å². The quantitative estimate of drug-likeness (QED) is 0.636. The van der Waals surface area contributed by atoms with Gasteiger partial charge in [-0.3, -0.25) is 9.63 Å². The van der Waals surface area contributed by atoms with Gasteiger partial charge in [-0.25, -0.2) is 5.06 Å². The molecule has 0 saturated carbocycles. The Bertz CT molecular complexity index is 474. The predicted octanol–water partition coefficient (Wildman–Crippen LogP) is 2.55. The van der Waals surface area contributed by atoms with Gasteiger partial charge in [0.15, 0.2) is 0 Å². The van der Waals surface area contributed by atoms with Gasteiger partial charge in [-0.05, 0) is 18.2 Å². The van der Waals surface area contributed by atoms with Crippen LogP contribution in [0.25, 0.3) is 0 Å². The molecule has 5 nitrogen and oxygen atoms in total. The Morgan fingerprint density at radius 3 is 2.89 bits per heavy atom. The lowest BCUT2D eigenvalue weighted by molar-refractivity contribution is -0.0756. The summed E-state index contributed by atoms with van der Waals surface area (Å²) in [5.74, 6) is -0.314. The molecule has 1 aromatic rings. The number of hydrogen-bond donors (Lipinski definition) is 2. The lowest BCUT2D eigenvalue weighted by Crippen LogP contribution is -2.26. The van der Waals surface area contributed by atoms with Crippen molar-refractivity contribution in [1.29, 1.82) is 5.41 Å². The van der Waals surface area contributed by atoms with E-state index in [9.17, 15) is 4.79 Å². The highest BCUT2D eigenvalue weighted by atomic mass is 35.5. The van der Waals surface area contributed by atoms with E-state index in [0.29, 0.717) is 16.3 Å². The number of nitrogens with zero attached hydrogens (tertiary/aromatic N) is 1. The second-order valence-electron chi connectivity index (χ2n) is 3.32. The molecule has 1 amide bonds. The first-order valence-electron chi connectivity index (χ1n) is 5.14. The minimum Gasteiger partial charge on any atom is -0.360 e. The first-order chi connectivity index (χ1) is 8.61. The normalized spacial score (nSPS) is 10.4. The van der Waals surface area contributed by atoms with Crippen LogP contribution in [0.1, 0.15) is 10.4 Å². The molecule has 1 rings (SSSR count). The molecule has 18 heavy (non-hydrogen) atoms. The average molecular weight is 268 g/mol. The third-order valence-electron chi connectivity index (χ3n) is 2.22. The van der Waals surface area contributed by atoms with Crippen LogP contribution in [-0.4, -0.2) is 31.3 Å². The van der Waals surface area contributed by atoms with Gasteiger partial charge in [-0.2, -0.15) is 0 Å². The minimum absolute atomic E-state index is 0.314. The van der Waals surface area contributed by atoms with Gasteiger partial charge in [0.1, 0.15) is 0 Å². The molecule has 0 saturated heterocycles. The van der Waals surface area contributed by atoms with E-state index in [4.69, 9.17) is 21.8 Å². The maximum atomic E-state index is 12.0. The van der Waals surface area contributed by atoms with Crippen molar-refractivity contribution in [2.45, 2.75) is 0 Å². The van der Waals surface area contributed by atoms with Gasteiger partial charge >= 0.3 is 0 Å². The number of rotatable bonds is 5. The molecule has 96 valence electrons. The Hall–Kier alpha value is -1.85. The zero-order chi connectivity index (χ0) is 13.5. The molecule has 0 aromatic heterocycles. The van der Waals surface area contributed by atoms with Gasteiger partial charge in [0.05, 0.1) is 23.4 Å². The van der Waals surface area contributed by atoms with Crippen LogP contribution in [0.15, 0.2) is 30.5 Å². The Morgan fingerprint density at radius 1 is 1.56 bits per heavy atom. The molecule has 0 aliphatic heterocycles. The fourth-order valence-electron chi connectivity index (χ4n) is 1.28. The SMILES string of the molecule is CON(C)C(=O)c1cccc(Cl)c1N/C=C\C=N. The van der Waals surface area contributed by atoms with Crippen LogP contribution in [0.4, 0.5) is 5.69 Å². The summed E-state index contributed by atoms with van der Waals surface area (Å²) in [5, 5.41) is 11.3. The summed E-state index contributed by atoms with van der Waals surface area (Å²) >= 11 is 6.04. The number of benzene rings is 1. The zero-order valence-electron chi connectivity index (χ0n) is 10.1. The van der Waals surface area contributed by atoms with Crippen molar-refractivity contribution in [3.05, 3.63) is 41.1 Å². The van der Waals surface area contributed by atoms with E-state index in [2.05, 4.69) is 5.32 Å². The first kappa shape index (κ1) is 14.2. The maximum absolute atomic E-state index is 12.0. The van der Waals surface area contributed by atoms with Crippen LogP contribution in [0.5, 0.6) is 0 Å². The van der Waals surface area contributed by atoms with Gasteiger partial charge in [0.25, 0.3) is 5.91 Å². The van der Waals surface area contributed by atoms with Crippen molar-refractivity contribution in [2.75, 3.05) is 19.5 Å². The average Bonchev–Trinajstić information content (AvgIpc) is 2.39. The zero-order valence-corrected chi connectivity index (χ0v) is 10.9. The number of anilines is 1. The fraction of sp³-hybridized carbons (Fsp3) is 0.167. The van der Waals surface area contributed by atoms with Crippen LogP contribution in [0.3, 0.4) is 0 Å². The number of hydroxylamine groups is 2. The lowest BCUT2D eigenvalue weighted by atomic mass is 10.1. The summed E-state index contributed by atoms with van der Waals surface area (Å²) < 4.78 is 0. The molecule has 0 atom stereocenters. The first-order valence-corrected chi connectivity index (χ1v) is 5.52. The molecule has 0 aliphatic rings. The molecular weight excluding hydrogens is 254 g/mol. The molecule has 0 aliphatic carbocycles. The topological polar surface area (TPSA) is 65.4 Å². The number of hydrogen-bond acceptors (Lipinski definition) is 4. The van der Waals surface area contributed by atoms with Crippen molar-refractivity contribution in [1.82, 2.24) is 5.06 Å². The van der Waals surface area contributed by atoms with Crippen LogP contribution < -0.4 is 5.32 Å². The summed E-state index contributed by atoms with van der Waals surface area (Å²) in [6.45, 7) is 0. The predicted molar refractivity (Wildman–Crippen MR) is 72.1 cm³/mol. The van der Waals surface area contributed by atoms with E-state index in [0.717, 1.165) is 11.3 Å². The number of halogens is 1. The Morgan fingerprint density at radius 2 is 2.28 bits per heavy atom. The number of allylic oxidation sites excluding steroid dienone is 1. The van der Waals surface area contributed by atoms with Gasteiger partial charge in [-0.15, -0.1) is 0 Å². The number of carbonyl (C=O) groups excluding carboxylic acids is 1. The Labute approximate surface area is 110 Å². The second-order valence-corrected chi connectivity index (χ2v) is 3.72. The standard InChI is InChI=1S/C12H14ClN3O2/c1-16(18-2)12(17)9-5-3-6-10(13)11(9)15-8-4-7-14/h3-8,14-15H,1-2H3/b8-4-,14-7?. The molecular formula is C12H14ClN3O2.